The molecule has 120 valence electrons. The van der Waals surface area contributed by atoms with Gasteiger partial charge in [0.05, 0.1) is 13.5 Å². The van der Waals surface area contributed by atoms with E-state index in [1.807, 2.05) is 0 Å². The lowest BCUT2D eigenvalue weighted by molar-refractivity contribution is -0.150. The Hall–Kier alpha value is -1.59. The molecule has 1 aliphatic carbocycles. The fourth-order valence-corrected chi connectivity index (χ4v) is 3.08. The van der Waals surface area contributed by atoms with E-state index in [0.717, 1.165) is 32.1 Å². The first-order valence-corrected chi connectivity index (χ1v) is 7.32. The van der Waals surface area contributed by atoms with Gasteiger partial charge in [-0.25, -0.2) is 4.79 Å². The number of hydrogen-bond donors (Lipinski definition) is 2. The van der Waals surface area contributed by atoms with Crippen molar-refractivity contribution in [2.24, 2.45) is 5.41 Å². The molecule has 0 aliphatic heterocycles. The molecule has 21 heavy (non-hydrogen) atoms. The number of aliphatic carboxylic acids is 1. The topological polar surface area (TPSA) is 92.7 Å². The number of amides is 1. The lowest BCUT2D eigenvalue weighted by atomic mass is 9.69. The van der Waals surface area contributed by atoms with Crippen molar-refractivity contribution in [1.82, 2.24) is 5.32 Å². The van der Waals surface area contributed by atoms with E-state index in [1.165, 1.54) is 7.11 Å². The highest BCUT2D eigenvalue weighted by molar-refractivity contribution is 5.87. The van der Waals surface area contributed by atoms with Gasteiger partial charge in [0.1, 0.15) is 5.54 Å². The second-order valence-corrected chi connectivity index (χ2v) is 6.47. The molecule has 1 rings (SSSR count). The molecule has 0 aromatic rings. The van der Waals surface area contributed by atoms with Crippen LogP contribution in [0.1, 0.15) is 58.8 Å². The number of carbonyl (C=O) groups excluding carboxylic acids is 2. The van der Waals surface area contributed by atoms with E-state index in [-0.39, 0.29) is 18.7 Å². The van der Waals surface area contributed by atoms with Crippen molar-refractivity contribution < 1.29 is 24.2 Å². The predicted molar refractivity (Wildman–Crippen MR) is 76.6 cm³/mol. The van der Waals surface area contributed by atoms with Crippen LogP contribution in [-0.2, 0) is 19.1 Å². The van der Waals surface area contributed by atoms with E-state index in [2.05, 4.69) is 10.1 Å². The summed E-state index contributed by atoms with van der Waals surface area (Å²) in [4.78, 5) is 34.9. The summed E-state index contributed by atoms with van der Waals surface area (Å²) in [5, 5.41) is 11.7. The van der Waals surface area contributed by atoms with Gasteiger partial charge in [-0.15, -0.1) is 0 Å². The Kier molecular flexibility index (Phi) is 5.75. The molecule has 6 nitrogen and oxygen atoms in total. The van der Waals surface area contributed by atoms with Gasteiger partial charge in [-0.2, -0.15) is 0 Å². The molecule has 6 heteroatoms. The van der Waals surface area contributed by atoms with Gasteiger partial charge in [0.2, 0.25) is 5.91 Å². The molecule has 1 amide bonds. The van der Waals surface area contributed by atoms with Crippen LogP contribution in [0.5, 0.6) is 0 Å². The minimum atomic E-state index is -1.11. The van der Waals surface area contributed by atoms with E-state index in [9.17, 15) is 14.4 Å². The minimum Gasteiger partial charge on any atom is -0.481 e. The van der Waals surface area contributed by atoms with Gasteiger partial charge in [-0.3, -0.25) is 9.59 Å². The average Bonchev–Trinajstić information content (AvgIpc) is 2.36. The summed E-state index contributed by atoms with van der Waals surface area (Å²) in [7, 11) is 1.27. The molecule has 0 bridgehead atoms. The number of carboxylic acid groups (broad SMARTS) is 1. The Morgan fingerprint density at radius 3 is 2.19 bits per heavy atom. The largest absolute Gasteiger partial charge is 0.481 e. The molecule has 0 atom stereocenters. The van der Waals surface area contributed by atoms with Gasteiger partial charge < -0.3 is 15.2 Å². The van der Waals surface area contributed by atoms with Crippen LogP contribution in [0.3, 0.4) is 0 Å². The number of carboxylic acids is 1. The maximum Gasteiger partial charge on any atom is 0.330 e. The van der Waals surface area contributed by atoms with E-state index in [1.54, 1.807) is 13.8 Å². The van der Waals surface area contributed by atoms with Crippen LogP contribution in [0, 0.1) is 5.41 Å². The summed E-state index contributed by atoms with van der Waals surface area (Å²) in [6.45, 7) is 3.14. The monoisotopic (exact) mass is 299 g/mol. The Morgan fingerprint density at radius 2 is 1.71 bits per heavy atom. The molecule has 0 saturated heterocycles. The predicted octanol–water partition coefficient (Wildman–Crippen LogP) is 1.87. The van der Waals surface area contributed by atoms with Crippen LogP contribution in [0.4, 0.5) is 0 Å². The smallest absolute Gasteiger partial charge is 0.330 e. The number of hydrogen-bond acceptors (Lipinski definition) is 4. The normalized spacial score (nSPS) is 17.9. The molecule has 0 spiro atoms. The fraction of sp³-hybridized carbons (Fsp3) is 0.800. The standard InChI is InChI=1S/C15H25NO5/c1-14(2,13(20)21-3)16-11(17)9-15(10-12(18)19)7-5-4-6-8-15/h4-10H2,1-3H3,(H,16,17)(H,18,19). The van der Waals surface area contributed by atoms with E-state index in [4.69, 9.17) is 5.11 Å². The second-order valence-electron chi connectivity index (χ2n) is 6.47. The summed E-state index contributed by atoms with van der Waals surface area (Å²) in [5.74, 6) is -1.70. The molecule has 2 N–H and O–H groups in total. The van der Waals surface area contributed by atoms with Gasteiger partial charge in [-0.1, -0.05) is 19.3 Å². The van der Waals surface area contributed by atoms with Crippen molar-refractivity contribution in [1.29, 1.82) is 0 Å². The van der Waals surface area contributed by atoms with Crippen molar-refractivity contribution in [3.05, 3.63) is 0 Å². The maximum absolute atomic E-state index is 12.2. The zero-order valence-corrected chi connectivity index (χ0v) is 13.0. The van der Waals surface area contributed by atoms with Crippen molar-refractivity contribution in [3.63, 3.8) is 0 Å². The molecular formula is C15H25NO5. The lowest BCUT2D eigenvalue weighted by Gasteiger charge is -2.36. The summed E-state index contributed by atoms with van der Waals surface area (Å²) in [6.07, 6.45) is 4.59. The van der Waals surface area contributed by atoms with Crippen molar-refractivity contribution in [2.75, 3.05) is 7.11 Å². The van der Waals surface area contributed by atoms with Crippen LogP contribution in [-0.4, -0.2) is 35.6 Å². The first-order chi connectivity index (χ1) is 9.71. The van der Waals surface area contributed by atoms with Gasteiger partial charge in [-0.05, 0) is 32.1 Å². The highest BCUT2D eigenvalue weighted by atomic mass is 16.5. The second kappa shape index (κ2) is 6.91. The third-order valence-electron chi connectivity index (χ3n) is 4.12. The number of carbonyl (C=O) groups is 3. The minimum absolute atomic E-state index is 0.000920. The summed E-state index contributed by atoms with van der Waals surface area (Å²) >= 11 is 0. The SMILES string of the molecule is COC(=O)C(C)(C)NC(=O)CC1(CC(=O)O)CCCCC1. The number of esters is 1. The maximum atomic E-state index is 12.2. The van der Waals surface area contributed by atoms with Gasteiger partial charge >= 0.3 is 11.9 Å². The quantitative estimate of drug-likeness (QED) is 0.730. The van der Waals surface area contributed by atoms with Gasteiger partial charge in [0.15, 0.2) is 0 Å². The molecule has 0 radical (unpaired) electrons. The zero-order chi connectivity index (χ0) is 16.1. The van der Waals surface area contributed by atoms with Crippen LogP contribution >= 0.6 is 0 Å². The van der Waals surface area contributed by atoms with E-state index >= 15 is 0 Å². The lowest BCUT2D eigenvalue weighted by Crippen LogP contribution is -2.51. The van der Waals surface area contributed by atoms with Crippen molar-refractivity contribution in [3.8, 4) is 0 Å². The number of ether oxygens (including phenoxy) is 1. The molecule has 1 aliphatic rings. The van der Waals surface area contributed by atoms with Crippen LogP contribution in [0.15, 0.2) is 0 Å². The van der Waals surface area contributed by atoms with Crippen LogP contribution in [0.2, 0.25) is 0 Å². The molecule has 0 unspecified atom stereocenters. The average molecular weight is 299 g/mol. The Labute approximate surface area is 125 Å². The first-order valence-electron chi connectivity index (χ1n) is 7.32. The summed E-state index contributed by atoms with van der Waals surface area (Å²) in [5.41, 5.74) is -1.59. The van der Waals surface area contributed by atoms with Gasteiger partial charge in [0.25, 0.3) is 0 Å². The molecule has 1 saturated carbocycles. The fourth-order valence-electron chi connectivity index (χ4n) is 3.08. The Balaban J connectivity index is 2.72. The molecule has 0 aromatic heterocycles. The van der Waals surface area contributed by atoms with Gasteiger partial charge in [0, 0.05) is 6.42 Å². The molecule has 0 heterocycles. The third kappa shape index (κ3) is 5.02. The van der Waals surface area contributed by atoms with Crippen molar-refractivity contribution in [2.45, 2.75) is 64.3 Å². The molecule has 1 fully saturated rings. The third-order valence-corrected chi connectivity index (χ3v) is 4.12. The van der Waals surface area contributed by atoms with Crippen molar-refractivity contribution >= 4 is 17.8 Å². The molecule has 0 aromatic carbocycles. The number of rotatable bonds is 6. The Morgan fingerprint density at radius 1 is 1.14 bits per heavy atom. The van der Waals surface area contributed by atoms with Crippen LogP contribution < -0.4 is 5.32 Å². The number of nitrogens with one attached hydrogen (secondary N) is 1. The zero-order valence-electron chi connectivity index (χ0n) is 13.0. The summed E-state index contributed by atoms with van der Waals surface area (Å²) < 4.78 is 4.65. The van der Waals surface area contributed by atoms with E-state index < -0.39 is 22.9 Å². The first kappa shape index (κ1) is 17.5. The summed E-state index contributed by atoms with van der Waals surface area (Å²) in [6, 6.07) is 0. The Bertz CT molecular complexity index is 410. The molecular weight excluding hydrogens is 274 g/mol. The van der Waals surface area contributed by atoms with E-state index in [0.29, 0.717) is 0 Å². The van der Waals surface area contributed by atoms with Crippen LogP contribution in [0.25, 0.3) is 0 Å². The highest BCUT2D eigenvalue weighted by Crippen LogP contribution is 2.42. The number of methoxy groups -OCH3 is 1. The highest BCUT2D eigenvalue weighted by Gasteiger charge is 2.38.